The Balaban J connectivity index is 1.60. The molecule has 3 N–H and O–H groups in total. The molecule has 1 aliphatic heterocycles. The van der Waals surface area contributed by atoms with Gasteiger partial charge in [-0.3, -0.25) is 4.90 Å². The quantitative estimate of drug-likeness (QED) is 0.457. The lowest BCUT2D eigenvalue weighted by Crippen LogP contribution is -2.39. The van der Waals surface area contributed by atoms with Crippen LogP contribution in [0.5, 0.6) is 0 Å². The van der Waals surface area contributed by atoms with Gasteiger partial charge in [0, 0.05) is 19.1 Å². The highest BCUT2D eigenvalue weighted by atomic mass is 19.1. The van der Waals surface area contributed by atoms with Gasteiger partial charge in [-0.1, -0.05) is 66.7 Å². The van der Waals surface area contributed by atoms with Crippen LogP contribution in [-0.2, 0) is 0 Å². The van der Waals surface area contributed by atoms with Crippen LogP contribution >= 0.6 is 0 Å². The third-order valence-electron chi connectivity index (χ3n) is 6.67. The molecule has 3 aromatic carbocycles. The van der Waals surface area contributed by atoms with Gasteiger partial charge in [-0.2, -0.15) is 0 Å². The first-order chi connectivity index (χ1) is 16.0. The summed E-state index contributed by atoms with van der Waals surface area (Å²) in [6.07, 6.45) is 0.868. The van der Waals surface area contributed by atoms with Crippen molar-refractivity contribution in [2.45, 2.75) is 50.0 Å². The Bertz CT molecular complexity index is 1000. The summed E-state index contributed by atoms with van der Waals surface area (Å²) in [6, 6.07) is 23.5. The first kappa shape index (κ1) is 23.6. The molecule has 0 bridgehead atoms. The van der Waals surface area contributed by atoms with Crippen LogP contribution < -0.4 is 0 Å². The summed E-state index contributed by atoms with van der Waals surface area (Å²) < 4.78 is 13.3. The zero-order valence-electron chi connectivity index (χ0n) is 18.7. The van der Waals surface area contributed by atoms with Crippen LogP contribution in [0.4, 0.5) is 4.39 Å². The van der Waals surface area contributed by atoms with Crippen molar-refractivity contribution in [1.29, 1.82) is 0 Å². The molecule has 4 nitrogen and oxygen atoms in total. The molecule has 1 aliphatic rings. The summed E-state index contributed by atoms with van der Waals surface area (Å²) in [5, 5.41) is 32.0. The van der Waals surface area contributed by atoms with Crippen LogP contribution in [-0.4, -0.2) is 39.4 Å². The Hall–Kier alpha value is -2.57. The van der Waals surface area contributed by atoms with Crippen LogP contribution in [0.15, 0.2) is 78.9 Å². The Morgan fingerprint density at radius 3 is 2.03 bits per heavy atom. The van der Waals surface area contributed by atoms with Crippen molar-refractivity contribution in [2.75, 3.05) is 13.1 Å². The molecule has 3 aromatic rings. The molecule has 4 rings (SSSR count). The standard InChI is InChI=1S/C28H32FNO3/c29-22-12-10-20(11-13-22)27(32)15-14-26(30-18-16-23(31)17-19-30)24-8-4-5-9-25(24)28(33)21-6-2-1-3-7-21/h1-13,23,26-28,31-33H,14-19H2. The van der Waals surface area contributed by atoms with Gasteiger partial charge >= 0.3 is 0 Å². The van der Waals surface area contributed by atoms with E-state index in [0.29, 0.717) is 31.2 Å². The average Bonchev–Trinajstić information content (AvgIpc) is 2.86. The number of nitrogens with zero attached hydrogens (tertiary/aromatic N) is 1. The number of benzene rings is 3. The van der Waals surface area contributed by atoms with E-state index in [9.17, 15) is 19.7 Å². The molecule has 3 atom stereocenters. The maximum Gasteiger partial charge on any atom is 0.123 e. The fourth-order valence-corrected chi connectivity index (χ4v) is 4.78. The Kier molecular flexibility index (Phi) is 7.89. The van der Waals surface area contributed by atoms with Crippen molar-refractivity contribution in [2.24, 2.45) is 0 Å². The lowest BCUT2D eigenvalue weighted by atomic mass is 9.88. The number of hydrogen-bond acceptors (Lipinski definition) is 4. The third kappa shape index (κ3) is 5.87. The highest BCUT2D eigenvalue weighted by molar-refractivity contribution is 5.38. The van der Waals surface area contributed by atoms with E-state index >= 15 is 0 Å². The van der Waals surface area contributed by atoms with Gasteiger partial charge in [0.15, 0.2) is 0 Å². The van der Waals surface area contributed by atoms with Gasteiger partial charge in [0.2, 0.25) is 0 Å². The maximum absolute atomic E-state index is 13.3. The molecule has 1 saturated heterocycles. The van der Waals surface area contributed by atoms with E-state index in [1.54, 1.807) is 12.1 Å². The van der Waals surface area contributed by atoms with Gasteiger partial charge < -0.3 is 15.3 Å². The minimum absolute atomic E-state index is 0.0119. The molecule has 5 heteroatoms. The highest BCUT2D eigenvalue weighted by Gasteiger charge is 2.29. The molecule has 1 heterocycles. The van der Waals surface area contributed by atoms with Crippen LogP contribution in [0.3, 0.4) is 0 Å². The van der Waals surface area contributed by atoms with E-state index in [-0.39, 0.29) is 18.0 Å². The van der Waals surface area contributed by atoms with E-state index in [0.717, 1.165) is 29.8 Å². The van der Waals surface area contributed by atoms with E-state index in [1.807, 2.05) is 48.5 Å². The van der Waals surface area contributed by atoms with Crippen molar-refractivity contribution < 1.29 is 19.7 Å². The fourth-order valence-electron chi connectivity index (χ4n) is 4.78. The zero-order valence-corrected chi connectivity index (χ0v) is 18.7. The smallest absolute Gasteiger partial charge is 0.123 e. The molecular weight excluding hydrogens is 417 g/mol. The summed E-state index contributed by atoms with van der Waals surface area (Å²) in [4.78, 5) is 2.35. The van der Waals surface area contributed by atoms with Crippen molar-refractivity contribution in [3.8, 4) is 0 Å². The number of halogens is 1. The summed E-state index contributed by atoms with van der Waals surface area (Å²) in [7, 11) is 0. The number of piperidine rings is 1. The second kappa shape index (κ2) is 11.0. The molecule has 3 unspecified atom stereocenters. The first-order valence-corrected chi connectivity index (χ1v) is 11.7. The molecule has 174 valence electrons. The molecule has 0 spiro atoms. The minimum Gasteiger partial charge on any atom is -0.393 e. The normalized spacial score (nSPS) is 18.1. The van der Waals surface area contributed by atoms with Crippen molar-refractivity contribution in [3.05, 3.63) is 107 Å². The molecule has 0 amide bonds. The number of aliphatic hydroxyl groups is 3. The second-order valence-electron chi connectivity index (χ2n) is 8.87. The lowest BCUT2D eigenvalue weighted by Gasteiger charge is -2.38. The SMILES string of the molecule is OC1CCN(C(CCC(O)c2ccc(F)cc2)c2ccccc2C(O)c2ccccc2)CC1. The van der Waals surface area contributed by atoms with Gasteiger partial charge in [-0.25, -0.2) is 4.39 Å². The maximum atomic E-state index is 13.3. The van der Waals surface area contributed by atoms with Crippen molar-refractivity contribution in [1.82, 2.24) is 4.90 Å². The van der Waals surface area contributed by atoms with Gasteiger partial charge in [0.25, 0.3) is 0 Å². The van der Waals surface area contributed by atoms with E-state index < -0.39 is 12.2 Å². The minimum atomic E-state index is -0.748. The Labute approximate surface area is 194 Å². The largest absolute Gasteiger partial charge is 0.393 e. The van der Waals surface area contributed by atoms with Gasteiger partial charge in [-0.15, -0.1) is 0 Å². The van der Waals surface area contributed by atoms with Crippen LogP contribution in [0.2, 0.25) is 0 Å². The molecule has 0 aliphatic carbocycles. The van der Waals surface area contributed by atoms with E-state index in [2.05, 4.69) is 11.0 Å². The predicted octanol–water partition coefficient (Wildman–Crippen LogP) is 4.92. The fraction of sp³-hybridized carbons (Fsp3) is 0.357. The van der Waals surface area contributed by atoms with E-state index in [1.165, 1.54) is 12.1 Å². The molecular formula is C28H32FNO3. The summed E-state index contributed by atoms with van der Waals surface area (Å²) in [6.45, 7) is 1.52. The lowest BCUT2D eigenvalue weighted by molar-refractivity contribution is 0.0512. The van der Waals surface area contributed by atoms with Gasteiger partial charge in [0.1, 0.15) is 11.9 Å². The molecule has 1 fully saturated rings. The van der Waals surface area contributed by atoms with Crippen LogP contribution in [0.1, 0.15) is 66.2 Å². The van der Waals surface area contributed by atoms with Crippen molar-refractivity contribution >= 4 is 0 Å². The monoisotopic (exact) mass is 449 g/mol. The van der Waals surface area contributed by atoms with E-state index in [4.69, 9.17) is 0 Å². The second-order valence-corrected chi connectivity index (χ2v) is 8.87. The van der Waals surface area contributed by atoms with Crippen LogP contribution in [0.25, 0.3) is 0 Å². The summed E-state index contributed by atoms with van der Waals surface area (Å²) in [5.74, 6) is -0.320. The summed E-state index contributed by atoms with van der Waals surface area (Å²) in [5.41, 5.74) is 3.43. The molecule has 0 saturated carbocycles. The number of rotatable bonds is 8. The average molecular weight is 450 g/mol. The van der Waals surface area contributed by atoms with Crippen LogP contribution in [0, 0.1) is 5.82 Å². The summed E-state index contributed by atoms with van der Waals surface area (Å²) >= 11 is 0. The Morgan fingerprint density at radius 2 is 1.36 bits per heavy atom. The first-order valence-electron chi connectivity index (χ1n) is 11.7. The van der Waals surface area contributed by atoms with Gasteiger partial charge in [0.05, 0.1) is 12.2 Å². The third-order valence-corrected chi connectivity index (χ3v) is 6.67. The zero-order chi connectivity index (χ0) is 23.2. The van der Waals surface area contributed by atoms with Crippen molar-refractivity contribution in [3.63, 3.8) is 0 Å². The predicted molar refractivity (Wildman–Crippen MR) is 127 cm³/mol. The number of aliphatic hydroxyl groups excluding tert-OH is 3. The molecule has 0 radical (unpaired) electrons. The molecule has 33 heavy (non-hydrogen) atoms. The highest BCUT2D eigenvalue weighted by Crippen LogP contribution is 2.37. The topological polar surface area (TPSA) is 63.9 Å². The Morgan fingerprint density at radius 1 is 0.758 bits per heavy atom. The van der Waals surface area contributed by atoms with Gasteiger partial charge in [-0.05, 0) is 60.1 Å². The number of likely N-dealkylation sites (tertiary alicyclic amines) is 1. The molecule has 0 aromatic heterocycles. The number of hydrogen-bond donors (Lipinski definition) is 3.